The van der Waals surface area contributed by atoms with Crippen LogP contribution in [0.1, 0.15) is 31.8 Å². The van der Waals surface area contributed by atoms with Gasteiger partial charge in [-0.3, -0.25) is 0 Å². The van der Waals surface area contributed by atoms with Crippen LogP contribution >= 0.6 is 0 Å². The van der Waals surface area contributed by atoms with Crippen LogP contribution in [-0.4, -0.2) is 25.4 Å². The van der Waals surface area contributed by atoms with Gasteiger partial charge in [-0.1, -0.05) is 229 Å². The summed E-state index contributed by atoms with van der Waals surface area (Å²) < 4.78 is 26.4. The Hall–Kier alpha value is -11.2. The van der Waals surface area contributed by atoms with Crippen molar-refractivity contribution in [2.75, 3.05) is 0 Å². The lowest BCUT2D eigenvalue weighted by Crippen LogP contribution is -2.58. The smallest absolute Gasteiger partial charge is 0.338 e. The van der Waals surface area contributed by atoms with E-state index in [0.29, 0.717) is 22.6 Å². The Balaban J connectivity index is 1.01. The van der Waals surface area contributed by atoms with Crippen LogP contribution in [0.3, 0.4) is 0 Å². The topological polar surface area (TPSA) is 71.1 Å². The summed E-state index contributed by atoms with van der Waals surface area (Å²) in [5, 5.41) is 6.68. The maximum absolute atomic E-state index is 14.7. The van der Waals surface area contributed by atoms with Crippen LogP contribution in [0.2, 0.25) is 0 Å². The number of carbonyl (C=O) groups excluding carboxylic acids is 2. The van der Waals surface area contributed by atoms with Crippen LogP contribution in [0.5, 0.6) is 23.0 Å². The second kappa shape index (κ2) is 19.7. The predicted octanol–water partition coefficient (Wildman–Crippen LogP) is 15.2. The number of hydrogen-bond donors (Lipinski definition) is 0. The maximum Gasteiger partial charge on any atom is 0.338 e. The van der Waals surface area contributed by atoms with E-state index < -0.39 is 11.9 Å². The summed E-state index contributed by atoms with van der Waals surface area (Å²) in [6, 6.07) is 92.8. The van der Waals surface area contributed by atoms with Crippen LogP contribution in [0, 0.1) is 0 Å². The van der Waals surface area contributed by atoms with Crippen molar-refractivity contribution in [2.24, 2.45) is 0 Å². The van der Waals surface area contributed by atoms with Crippen LogP contribution in [0.4, 0.5) is 0 Å². The van der Waals surface area contributed by atoms with Crippen molar-refractivity contribution in [3.05, 3.63) is 289 Å². The molecular weight excluding hydrogens is 1080 g/mol. The van der Waals surface area contributed by atoms with E-state index in [4.69, 9.17) is 18.9 Å². The first-order valence-electron chi connectivity index (χ1n) is 30.0. The summed E-state index contributed by atoms with van der Waals surface area (Å²) in [4.78, 5) is 29.4. The highest BCUT2D eigenvalue weighted by molar-refractivity contribution is 7.01. The molecule has 4 heterocycles. The molecule has 0 fully saturated rings. The van der Waals surface area contributed by atoms with Crippen LogP contribution in [0.15, 0.2) is 267 Å². The highest BCUT2D eigenvalue weighted by Crippen LogP contribution is 2.53. The predicted molar refractivity (Wildman–Crippen MR) is 356 cm³/mol. The average molecular weight is 1130 g/mol. The Labute approximate surface area is 508 Å². The lowest BCUT2D eigenvalue weighted by atomic mass is 9.31. The first kappa shape index (κ1) is 50.1. The largest absolute Gasteiger partial charge is 0.458 e. The normalized spacial score (nSPS) is 12.6. The molecule has 410 valence electrons. The van der Waals surface area contributed by atoms with Crippen molar-refractivity contribution < 1.29 is 28.5 Å². The van der Waals surface area contributed by atoms with E-state index in [0.717, 1.165) is 154 Å². The van der Waals surface area contributed by atoms with Gasteiger partial charge in [-0.05, 0) is 181 Å². The summed E-state index contributed by atoms with van der Waals surface area (Å²) in [6.07, 6.45) is 0. The van der Waals surface area contributed by atoms with Crippen molar-refractivity contribution in [2.45, 2.75) is 13.2 Å². The zero-order valence-corrected chi connectivity index (χ0v) is 47.4. The summed E-state index contributed by atoms with van der Waals surface area (Å²) in [5.74, 6) is 1.86. The molecule has 14 aromatic rings. The van der Waals surface area contributed by atoms with E-state index >= 15 is 0 Å². The van der Waals surface area contributed by atoms with Crippen molar-refractivity contribution in [1.29, 1.82) is 0 Å². The Morgan fingerprint density at radius 2 is 0.659 bits per heavy atom. The molecule has 18 rings (SSSR count). The van der Waals surface area contributed by atoms with Gasteiger partial charge in [0.05, 0.1) is 11.1 Å². The first-order valence-corrected chi connectivity index (χ1v) is 30.0. The summed E-state index contributed by atoms with van der Waals surface area (Å²) in [5.41, 5.74) is 21.5. The third-order valence-corrected chi connectivity index (χ3v) is 18.6. The molecule has 0 saturated heterocycles. The molecule has 0 bridgehead atoms. The molecule has 4 aliphatic rings. The Bertz CT molecular complexity index is 4930. The minimum atomic E-state index is -0.434. The third kappa shape index (κ3) is 7.65. The summed E-state index contributed by atoms with van der Waals surface area (Å²) >= 11 is 0. The molecule has 0 saturated carbocycles. The standard InChI is InChI=1S/C80H48B2O6/c83-79(85-45-47-21-5-1-6-22-47)51-37-63-59-41-57(55-31-15-13-29-53(55)49-25-9-3-10-26-49)61-44-68-74-60(64-38-52(80(84)86-46-48-23-7-2-8-24-48)40-72-78(64)82(68)66-34-18-20-36-70(66)88-72)42-58(56-32-16-14-30-54(56)50-27-11-4-12-28-50)62-43-67(73(59)75(61)76(62)74)81-65-33-17-19-35-69(65)87-71(39-51)77(63)81/h1-44H,45-46H2. The van der Waals surface area contributed by atoms with Gasteiger partial charge in [-0.15, -0.1) is 0 Å². The molecule has 0 unspecified atom stereocenters. The van der Waals surface area contributed by atoms with E-state index in [1.54, 1.807) is 0 Å². The number of rotatable bonds is 10. The Kier molecular flexibility index (Phi) is 11.2. The monoisotopic (exact) mass is 1130 g/mol. The van der Waals surface area contributed by atoms with E-state index in [9.17, 15) is 9.59 Å². The number of esters is 2. The van der Waals surface area contributed by atoms with Crippen LogP contribution in [0.25, 0.3) is 99.1 Å². The molecule has 6 nitrogen and oxygen atoms in total. The van der Waals surface area contributed by atoms with E-state index in [1.165, 1.54) is 0 Å². The van der Waals surface area contributed by atoms with Crippen molar-refractivity contribution in [3.63, 3.8) is 0 Å². The minimum Gasteiger partial charge on any atom is -0.458 e. The molecule has 0 aliphatic carbocycles. The second-order valence-electron chi connectivity index (χ2n) is 23.4. The second-order valence-corrected chi connectivity index (χ2v) is 23.4. The highest BCUT2D eigenvalue weighted by atomic mass is 16.5. The molecule has 14 aromatic carbocycles. The quantitative estimate of drug-likeness (QED) is 0.0772. The molecule has 0 aromatic heterocycles. The van der Waals surface area contributed by atoms with Gasteiger partial charge >= 0.3 is 11.9 Å². The lowest BCUT2D eigenvalue weighted by molar-refractivity contribution is 0.0464. The van der Waals surface area contributed by atoms with Crippen molar-refractivity contribution in [3.8, 4) is 89.8 Å². The van der Waals surface area contributed by atoms with Gasteiger partial charge in [-0.2, -0.15) is 0 Å². The van der Waals surface area contributed by atoms with Gasteiger partial charge in [0.1, 0.15) is 36.2 Å². The summed E-state index contributed by atoms with van der Waals surface area (Å²) in [7, 11) is 0. The highest BCUT2D eigenvalue weighted by Gasteiger charge is 2.45. The van der Waals surface area contributed by atoms with E-state index in [1.807, 2.05) is 97.1 Å². The molecular formula is C80H48B2O6. The van der Waals surface area contributed by atoms with Gasteiger partial charge in [0.25, 0.3) is 13.4 Å². The minimum absolute atomic E-state index is 0.126. The van der Waals surface area contributed by atoms with Crippen molar-refractivity contribution in [1.82, 2.24) is 0 Å². The molecule has 0 amide bonds. The van der Waals surface area contributed by atoms with Crippen LogP contribution < -0.4 is 42.3 Å². The molecule has 0 atom stereocenters. The number of ether oxygens (including phenoxy) is 4. The van der Waals surface area contributed by atoms with Gasteiger partial charge in [0.2, 0.25) is 0 Å². The SMILES string of the molecule is O=C(OCc1ccccc1)c1cc2c3c(c1)-c1cc(-c4ccccc4-c4ccccc4)c4cc5c6c(cc(-c7ccccc7-c7ccccc7)c7cc(c1c4c76)B3c1ccccc1O2)-c1cc(C(=O)OCc2ccccc2)cc2c1B5c1ccccc1O2. The van der Waals surface area contributed by atoms with Crippen molar-refractivity contribution >= 4 is 90.5 Å². The molecule has 0 N–H and O–H groups in total. The number of para-hydroxylation sites is 2. The molecule has 0 radical (unpaired) electrons. The number of carbonyl (C=O) groups is 2. The fourth-order valence-corrected chi connectivity index (χ4v) is 14.9. The lowest BCUT2D eigenvalue weighted by Gasteiger charge is -2.37. The number of hydrogen-bond acceptors (Lipinski definition) is 6. The molecule has 4 aliphatic heterocycles. The maximum atomic E-state index is 14.7. The van der Waals surface area contributed by atoms with Gasteiger partial charge in [0, 0.05) is 0 Å². The fraction of sp³-hybridized carbons (Fsp3) is 0.0250. The average Bonchev–Trinajstić information content (AvgIpc) is 1.09. The summed E-state index contributed by atoms with van der Waals surface area (Å²) in [6.45, 7) is -0.322. The number of benzene rings is 14. The Morgan fingerprint density at radius 1 is 0.295 bits per heavy atom. The zero-order valence-electron chi connectivity index (χ0n) is 47.4. The molecule has 8 heteroatoms. The first-order chi connectivity index (χ1) is 43.5. The van der Waals surface area contributed by atoms with E-state index in [-0.39, 0.29) is 26.6 Å². The molecule has 0 spiro atoms. The van der Waals surface area contributed by atoms with Gasteiger partial charge in [0.15, 0.2) is 0 Å². The van der Waals surface area contributed by atoms with E-state index in [2.05, 4.69) is 170 Å². The molecule has 88 heavy (non-hydrogen) atoms. The van der Waals surface area contributed by atoms with Gasteiger partial charge < -0.3 is 18.9 Å². The zero-order chi connectivity index (χ0) is 58.1. The third-order valence-electron chi connectivity index (χ3n) is 18.6. The number of fused-ring (bicyclic) bond motifs is 8. The Morgan fingerprint density at radius 3 is 1.08 bits per heavy atom. The van der Waals surface area contributed by atoms with Gasteiger partial charge in [-0.25, -0.2) is 9.59 Å². The van der Waals surface area contributed by atoms with Crippen LogP contribution in [-0.2, 0) is 22.7 Å². The fourth-order valence-electron chi connectivity index (χ4n) is 14.9.